The van der Waals surface area contributed by atoms with E-state index in [0.29, 0.717) is 5.56 Å². The van der Waals surface area contributed by atoms with E-state index < -0.39 is 0 Å². The highest BCUT2D eigenvalue weighted by atomic mass is 15.3. The normalized spacial score (nSPS) is 16.7. The third-order valence-corrected chi connectivity index (χ3v) is 4.33. The first-order valence-electron chi connectivity index (χ1n) is 7.03. The molecule has 1 aliphatic rings. The fraction of sp³-hybridized carbons (Fsp3) is 0.667. The number of hydrogen-bond acceptors (Lipinski definition) is 4. The Morgan fingerprint density at radius 3 is 2.37 bits per heavy atom. The summed E-state index contributed by atoms with van der Waals surface area (Å²) in [7, 11) is 0. The molecule has 0 aromatic carbocycles. The molecule has 19 heavy (non-hydrogen) atoms. The summed E-state index contributed by atoms with van der Waals surface area (Å²) in [5.74, 6) is 2.30. The molecule has 2 rings (SSSR count). The summed E-state index contributed by atoms with van der Waals surface area (Å²) >= 11 is 0. The summed E-state index contributed by atoms with van der Waals surface area (Å²) in [5, 5.41) is 17.8. The Kier molecular flexibility index (Phi) is 4.04. The topological polar surface area (TPSA) is 52.8 Å². The Morgan fingerprint density at radius 1 is 1.21 bits per heavy atom. The van der Waals surface area contributed by atoms with Crippen molar-refractivity contribution in [3.05, 3.63) is 16.8 Å². The van der Waals surface area contributed by atoms with Gasteiger partial charge in [-0.3, -0.25) is 0 Å². The van der Waals surface area contributed by atoms with Gasteiger partial charge in [-0.1, -0.05) is 13.8 Å². The van der Waals surface area contributed by atoms with Crippen molar-refractivity contribution in [3.8, 4) is 6.07 Å². The third kappa shape index (κ3) is 2.70. The summed E-state index contributed by atoms with van der Waals surface area (Å²) in [6.07, 6.45) is 2.36. The van der Waals surface area contributed by atoms with Gasteiger partial charge in [-0.25, -0.2) is 0 Å². The molecule has 0 unspecified atom stereocenters. The minimum atomic E-state index is 0.690. The van der Waals surface area contributed by atoms with Crippen molar-refractivity contribution in [2.45, 2.75) is 40.5 Å². The van der Waals surface area contributed by atoms with Gasteiger partial charge in [0.1, 0.15) is 11.6 Å². The SMILES string of the molecule is Cc1nnc(N2CCC(C(C)C)CC2)c(C#N)c1C. The van der Waals surface area contributed by atoms with Crippen LogP contribution in [0.1, 0.15) is 43.5 Å². The molecule has 1 fully saturated rings. The van der Waals surface area contributed by atoms with Crippen LogP contribution in [0.2, 0.25) is 0 Å². The van der Waals surface area contributed by atoms with Crippen molar-refractivity contribution in [3.63, 3.8) is 0 Å². The van der Waals surface area contributed by atoms with Crippen LogP contribution in [0.4, 0.5) is 5.82 Å². The van der Waals surface area contributed by atoms with Gasteiger partial charge in [0.2, 0.25) is 0 Å². The summed E-state index contributed by atoms with van der Waals surface area (Å²) in [6.45, 7) is 10.4. The molecule has 1 aliphatic heterocycles. The van der Waals surface area contributed by atoms with Gasteiger partial charge in [0.15, 0.2) is 5.82 Å². The summed E-state index contributed by atoms with van der Waals surface area (Å²) in [4.78, 5) is 2.22. The van der Waals surface area contributed by atoms with E-state index in [2.05, 4.69) is 35.0 Å². The van der Waals surface area contributed by atoms with Crippen molar-refractivity contribution in [1.82, 2.24) is 10.2 Å². The van der Waals surface area contributed by atoms with E-state index in [0.717, 1.165) is 42.0 Å². The molecule has 0 saturated carbocycles. The molecule has 1 aromatic heterocycles. The van der Waals surface area contributed by atoms with Gasteiger partial charge in [-0.15, -0.1) is 5.10 Å². The Morgan fingerprint density at radius 2 is 1.84 bits per heavy atom. The van der Waals surface area contributed by atoms with Crippen LogP contribution in [0.15, 0.2) is 0 Å². The van der Waals surface area contributed by atoms with Gasteiger partial charge in [0.25, 0.3) is 0 Å². The fourth-order valence-electron chi connectivity index (χ4n) is 2.73. The van der Waals surface area contributed by atoms with Crippen LogP contribution in [0.25, 0.3) is 0 Å². The van der Waals surface area contributed by atoms with E-state index in [1.807, 2.05) is 13.8 Å². The maximum atomic E-state index is 9.35. The second-order valence-electron chi connectivity index (χ2n) is 5.79. The molecule has 4 nitrogen and oxygen atoms in total. The lowest BCUT2D eigenvalue weighted by atomic mass is 9.86. The Balaban J connectivity index is 2.21. The molecule has 102 valence electrons. The van der Waals surface area contributed by atoms with E-state index in [1.54, 1.807) is 0 Å². The van der Waals surface area contributed by atoms with Crippen molar-refractivity contribution < 1.29 is 0 Å². The highest BCUT2D eigenvalue weighted by Crippen LogP contribution is 2.29. The molecule has 0 amide bonds. The number of piperidine rings is 1. The molecule has 1 saturated heterocycles. The molecule has 0 aliphatic carbocycles. The smallest absolute Gasteiger partial charge is 0.169 e. The van der Waals surface area contributed by atoms with Crippen molar-refractivity contribution in [1.29, 1.82) is 5.26 Å². The number of nitriles is 1. The zero-order valence-electron chi connectivity index (χ0n) is 12.3. The first-order chi connectivity index (χ1) is 9.04. The summed E-state index contributed by atoms with van der Waals surface area (Å²) in [6, 6.07) is 2.29. The van der Waals surface area contributed by atoms with Crippen molar-refractivity contribution in [2.24, 2.45) is 11.8 Å². The average molecular weight is 258 g/mol. The Bertz CT molecular complexity index is 494. The maximum Gasteiger partial charge on any atom is 0.169 e. The standard InChI is InChI=1S/C15H22N4/c1-10(2)13-5-7-19(8-6-13)15-14(9-16)11(3)12(4)17-18-15/h10,13H,5-8H2,1-4H3. The van der Waals surface area contributed by atoms with E-state index in [9.17, 15) is 5.26 Å². The number of rotatable bonds is 2. The van der Waals surface area contributed by atoms with Gasteiger partial charge in [-0.05, 0) is 44.1 Å². The molecule has 0 spiro atoms. The number of hydrogen-bond donors (Lipinski definition) is 0. The van der Waals surface area contributed by atoms with Crippen LogP contribution < -0.4 is 4.90 Å². The van der Waals surface area contributed by atoms with Crippen LogP contribution >= 0.6 is 0 Å². The number of aromatic nitrogens is 2. The zero-order chi connectivity index (χ0) is 14.0. The second kappa shape index (κ2) is 5.56. The van der Waals surface area contributed by atoms with Crippen LogP contribution in [0.3, 0.4) is 0 Å². The Hall–Kier alpha value is -1.63. The van der Waals surface area contributed by atoms with Gasteiger partial charge < -0.3 is 4.90 Å². The molecule has 0 radical (unpaired) electrons. The number of anilines is 1. The lowest BCUT2D eigenvalue weighted by Gasteiger charge is -2.34. The van der Waals surface area contributed by atoms with Gasteiger partial charge in [-0.2, -0.15) is 10.4 Å². The predicted octanol–water partition coefficient (Wildman–Crippen LogP) is 2.84. The predicted molar refractivity (Wildman–Crippen MR) is 76.0 cm³/mol. The van der Waals surface area contributed by atoms with Gasteiger partial charge in [0.05, 0.1) is 5.69 Å². The molecule has 0 bridgehead atoms. The Labute approximate surface area is 115 Å². The molecule has 0 N–H and O–H groups in total. The third-order valence-electron chi connectivity index (χ3n) is 4.33. The van der Waals surface area contributed by atoms with Crippen molar-refractivity contribution >= 4 is 5.82 Å². The van der Waals surface area contributed by atoms with Crippen LogP contribution in [0.5, 0.6) is 0 Å². The van der Waals surface area contributed by atoms with Crippen LogP contribution in [0, 0.1) is 37.0 Å². The van der Waals surface area contributed by atoms with Gasteiger partial charge >= 0.3 is 0 Å². The first-order valence-corrected chi connectivity index (χ1v) is 7.03. The minimum Gasteiger partial charge on any atom is -0.354 e. The summed E-state index contributed by atoms with van der Waals surface area (Å²) < 4.78 is 0. The van der Waals surface area contributed by atoms with Crippen LogP contribution in [-0.4, -0.2) is 23.3 Å². The minimum absolute atomic E-state index is 0.690. The van der Waals surface area contributed by atoms with E-state index in [4.69, 9.17) is 0 Å². The fourth-order valence-corrected chi connectivity index (χ4v) is 2.73. The summed E-state index contributed by atoms with van der Waals surface area (Å²) in [5.41, 5.74) is 2.49. The molecular weight excluding hydrogens is 236 g/mol. The highest BCUT2D eigenvalue weighted by Gasteiger charge is 2.25. The first kappa shape index (κ1) is 13.8. The lowest BCUT2D eigenvalue weighted by molar-refractivity contribution is 0.310. The second-order valence-corrected chi connectivity index (χ2v) is 5.79. The molecular formula is C15H22N4. The monoisotopic (exact) mass is 258 g/mol. The number of nitrogens with zero attached hydrogens (tertiary/aromatic N) is 4. The molecule has 2 heterocycles. The zero-order valence-corrected chi connectivity index (χ0v) is 12.3. The average Bonchev–Trinajstić information content (AvgIpc) is 2.41. The van der Waals surface area contributed by atoms with E-state index in [-0.39, 0.29) is 0 Å². The molecule has 1 aromatic rings. The van der Waals surface area contributed by atoms with E-state index >= 15 is 0 Å². The molecule has 0 atom stereocenters. The quantitative estimate of drug-likeness (QED) is 0.818. The van der Waals surface area contributed by atoms with Crippen molar-refractivity contribution in [2.75, 3.05) is 18.0 Å². The van der Waals surface area contributed by atoms with Gasteiger partial charge in [0, 0.05) is 13.1 Å². The maximum absolute atomic E-state index is 9.35. The van der Waals surface area contributed by atoms with Crippen LogP contribution in [-0.2, 0) is 0 Å². The lowest BCUT2D eigenvalue weighted by Crippen LogP contribution is -2.36. The molecule has 4 heteroatoms. The largest absolute Gasteiger partial charge is 0.354 e. The number of aryl methyl sites for hydroxylation is 1. The highest BCUT2D eigenvalue weighted by molar-refractivity contribution is 5.57. The van der Waals surface area contributed by atoms with E-state index in [1.165, 1.54) is 12.8 Å².